The van der Waals surface area contributed by atoms with Gasteiger partial charge in [-0.15, -0.1) is 0 Å². The van der Waals surface area contributed by atoms with Crippen molar-refractivity contribution in [3.05, 3.63) is 51.8 Å². The van der Waals surface area contributed by atoms with E-state index in [-0.39, 0.29) is 6.04 Å². The molecule has 0 spiro atoms. The molecule has 2 aromatic rings. The van der Waals surface area contributed by atoms with Gasteiger partial charge in [0.25, 0.3) is 0 Å². The fraction of sp³-hybridized carbons (Fsp3) is 0.250. The second kappa shape index (κ2) is 5.08. The third-order valence-corrected chi connectivity index (χ3v) is 3.44. The van der Waals surface area contributed by atoms with E-state index in [1.165, 1.54) is 0 Å². The molecule has 0 fully saturated rings. The molecule has 2 rings (SSSR count). The Hall–Kier alpha value is -1.03. The fourth-order valence-corrected chi connectivity index (χ4v) is 2.21. The van der Waals surface area contributed by atoms with Gasteiger partial charge in [-0.05, 0) is 24.7 Å². The molecule has 1 aromatic carbocycles. The number of hydrogen-bond donors (Lipinski definition) is 1. The Kier molecular flexibility index (Phi) is 3.72. The third-order valence-electron chi connectivity index (χ3n) is 2.61. The van der Waals surface area contributed by atoms with Crippen molar-refractivity contribution in [2.24, 2.45) is 7.05 Å². The molecular formula is C12H13Cl2N3. The van der Waals surface area contributed by atoms with Crippen molar-refractivity contribution >= 4 is 23.2 Å². The topological polar surface area (TPSA) is 29.9 Å². The Morgan fingerprint density at radius 2 is 2.06 bits per heavy atom. The molecule has 0 bridgehead atoms. The largest absolute Gasteiger partial charge is 0.308 e. The van der Waals surface area contributed by atoms with E-state index >= 15 is 0 Å². The molecular weight excluding hydrogens is 257 g/mol. The lowest BCUT2D eigenvalue weighted by atomic mass is 10.0. The number of nitrogens with one attached hydrogen (secondary N) is 1. The Balaban J connectivity index is 2.45. The van der Waals surface area contributed by atoms with Crippen LogP contribution < -0.4 is 5.32 Å². The summed E-state index contributed by atoms with van der Waals surface area (Å²) in [5, 5.41) is 8.70. The highest BCUT2D eigenvalue weighted by Gasteiger charge is 2.18. The lowest BCUT2D eigenvalue weighted by molar-refractivity contribution is 0.642. The van der Waals surface area contributed by atoms with Gasteiger partial charge in [0.2, 0.25) is 0 Å². The van der Waals surface area contributed by atoms with Gasteiger partial charge < -0.3 is 5.32 Å². The first-order chi connectivity index (χ1) is 8.13. The Bertz CT molecular complexity index is 522. The maximum Gasteiger partial charge on any atom is 0.0839 e. The van der Waals surface area contributed by atoms with Gasteiger partial charge in [-0.3, -0.25) is 4.68 Å². The second-order valence-electron chi connectivity index (χ2n) is 3.78. The van der Waals surface area contributed by atoms with Crippen LogP contribution in [-0.4, -0.2) is 16.8 Å². The molecule has 0 radical (unpaired) electrons. The van der Waals surface area contributed by atoms with Crippen LogP contribution in [-0.2, 0) is 7.05 Å². The summed E-state index contributed by atoms with van der Waals surface area (Å²) in [6.07, 6.45) is 1.90. The lowest BCUT2D eigenvalue weighted by Gasteiger charge is -2.16. The lowest BCUT2D eigenvalue weighted by Crippen LogP contribution is -2.19. The molecule has 90 valence electrons. The van der Waals surface area contributed by atoms with Gasteiger partial charge in [0.15, 0.2) is 0 Å². The number of nitrogens with zero attached hydrogens (tertiary/aromatic N) is 2. The molecule has 0 saturated carbocycles. The van der Waals surface area contributed by atoms with E-state index in [2.05, 4.69) is 10.4 Å². The summed E-state index contributed by atoms with van der Waals surface area (Å²) >= 11 is 12.2. The smallest absolute Gasteiger partial charge is 0.0839 e. The van der Waals surface area contributed by atoms with Crippen molar-refractivity contribution in [3.63, 3.8) is 0 Å². The third kappa shape index (κ3) is 2.46. The van der Waals surface area contributed by atoms with E-state index in [9.17, 15) is 0 Å². The molecule has 3 nitrogen and oxygen atoms in total. The monoisotopic (exact) mass is 269 g/mol. The average Bonchev–Trinajstić information content (AvgIpc) is 2.72. The highest BCUT2D eigenvalue weighted by molar-refractivity contribution is 6.42. The van der Waals surface area contributed by atoms with Crippen LogP contribution in [0.15, 0.2) is 30.5 Å². The van der Waals surface area contributed by atoms with Crippen molar-refractivity contribution < 1.29 is 0 Å². The van der Waals surface area contributed by atoms with Crippen molar-refractivity contribution in [3.8, 4) is 0 Å². The van der Waals surface area contributed by atoms with E-state index in [0.717, 1.165) is 11.3 Å². The Morgan fingerprint density at radius 3 is 2.65 bits per heavy atom. The zero-order valence-electron chi connectivity index (χ0n) is 9.61. The van der Waals surface area contributed by atoms with Crippen LogP contribution >= 0.6 is 23.2 Å². The molecule has 5 heteroatoms. The van der Waals surface area contributed by atoms with E-state index < -0.39 is 0 Å². The van der Waals surface area contributed by atoms with Crippen LogP contribution in [0, 0.1) is 0 Å². The number of halogens is 2. The fourth-order valence-electron chi connectivity index (χ4n) is 1.79. The zero-order chi connectivity index (χ0) is 12.4. The standard InChI is InChI=1S/C12H13Cl2N3/c1-15-12(10-6-7-17(2)16-10)8-4-3-5-9(13)11(8)14/h3-7,12,15H,1-2H3. The number of aryl methyl sites for hydroxylation is 1. The van der Waals surface area contributed by atoms with Crippen LogP contribution in [0.1, 0.15) is 17.3 Å². The summed E-state index contributed by atoms with van der Waals surface area (Å²) in [7, 11) is 3.76. The van der Waals surface area contributed by atoms with Gasteiger partial charge in [-0.2, -0.15) is 5.10 Å². The molecule has 0 aliphatic rings. The van der Waals surface area contributed by atoms with Crippen molar-refractivity contribution in [2.75, 3.05) is 7.05 Å². The summed E-state index contributed by atoms with van der Waals surface area (Å²) in [5.41, 5.74) is 1.85. The van der Waals surface area contributed by atoms with Gasteiger partial charge in [0.1, 0.15) is 0 Å². The summed E-state index contributed by atoms with van der Waals surface area (Å²) in [4.78, 5) is 0. The normalized spacial score (nSPS) is 12.7. The van der Waals surface area contributed by atoms with Gasteiger partial charge in [-0.1, -0.05) is 35.3 Å². The molecule has 1 heterocycles. The predicted molar refractivity (Wildman–Crippen MR) is 70.6 cm³/mol. The van der Waals surface area contributed by atoms with E-state index in [4.69, 9.17) is 23.2 Å². The van der Waals surface area contributed by atoms with Crippen molar-refractivity contribution in [1.29, 1.82) is 0 Å². The Labute approximate surface area is 110 Å². The molecule has 0 aliphatic heterocycles. The van der Waals surface area contributed by atoms with Crippen LogP contribution in [0.2, 0.25) is 10.0 Å². The minimum Gasteiger partial charge on any atom is -0.308 e. The highest BCUT2D eigenvalue weighted by atomic mass is 35.5. The van der Waals surface area contributed by atoms with Gasteiger partial charge in [-0.25, -0.2) is 0 Å². The summed E-state index contributed by atoms with van der Waals surface area (Å²) in [6, 6.07) is 7.51. The van der Waals surface area contributed by atoms with Gasteiger partial charge in [0.05, 0.1) is 21.8 Å². The predicted octanol–water partition coefficient (Wildman–Crippen LogP) is 3.04. The Morgan fingerprint density at radius 1 is 1.29 bits per heavy atom. The molecule has 1 atom stereocenters. The second-order valence-corrected chi connectivity index (χ2v) is 4.56. The minimum absolute atomic E-state index is 0.0533. The molecule has 0 aliphatic carbocycles. The summed E-state index contributed by atoms with van der Waals surface area (Å²) in [6.45, 7) is 0. The van der Waals surface area contributed by atoms with Crippen LogP contribution in [0.4, 0.5) is 0 Å². The first-order valence-electron chi connectivity index (χ1n) is 5.24. The number of benzene rings is 1. The average molecular weight is 270 g/mol. The maximum absolute atomic E-state index is 6.22. The maximum atomic E-state index is 6.22. The van der Waals surface area contributed by atoms with Gasteiger partial charge in [0, 0.05) is 13.2 Å². The number of rotatable bonds is 3. The molecule has 1 N–H and O–H groups in total. The summed E-state index contributed by atoms with van der Waals surface area (Å²) < 4.78 is 1.76. The number of hydrogen-bond acceptors (Lipinski definition) is 2. The molecule has 0 saturated heterocycles. The zero-order valence-corrected chi connectivity index (χ0v) is 11.1. The van der Waals surface area contributed by atoms with Gasteiger partial charge >= 0.3 is 0 Å². The van der Waals surface area contributed by atoms with E-state index in [1.807, 2.05) is 38.5 Å². The van der Waals surface area contributed by atoms with Crippen molar-refractivity contribution in [2.45, 2.75) is 6.04 Å². The molecule has 17 heavy (non-hydrogen) atoms. The number of aromatic nitrogens is 2. The van der Waals surface area contributed by atoms with Crippen LogP contribution in [0.3, 0.4) is 0 Å². The van der Waals surface area contributed by atoms with Crippen LogP contribution in [0.25, 0.3) is 0 Å². The molecule has 1 unspecified atom stereocenters. The minimum atomic E-state index is -0.0533. The molecule has 0 amide bonds. The van der Waals surface area contributed by atoms with E-state index in [1.54, 1.807) is 10.7 Å². The highest BCUT2D eigenvalue weighted by Crippen LogP contribution is 2.32. The van der Waals surface area contributed by atoms with Crippen LogP contribution in [0.5, 0.6) is 0 Å². The SMILES string of the molecule is CNC(c1ccn(C)n1)c1cccc(Cl)c1Cl. The first-order valence-corrected chi connectivity index (χ1v) is 5.99. The van der Waals surface area contributed by atoms with Crippen molar-refractivity contribution in [1.82, 2.24) is 15.1 Å². The first kappa shape index (κ1) is 12.4. The molecule has 1 aromatic heterocycles. The quantitative estimate of drug-likeness (QED) is 0.929. The van der Waals surface area contributed by atoms with E-state index in [0.29, 0.717) is 10.0 Å². The summed E-state index contributed by atoms with van der Waals surface area (Å²) in [5.74, 6) is 0.